The van der Waals surface area contributed by atoms with Crippen molar-refractivity contribution in [2.45, 2.75) is 26.5 Å². The Morgan fingerprint density at radius 2 is 1.83 bits per heavy atom. The van der Waals surface area contributed by atoms with Gasteiger partial charge in [0.1, 0.15) is 0 Å². The number of benzene rings is 1. The van der Waals surface area contributed by atoms with Gasteiger partial charge in [0.25, 0.3) is 0 Å². The third kappa shape index (κ3) is 3.22. The fourth-order valence-corrected chi connectivity index (χ4v) is 3.90. The normalized spacial score (nSPS) is 27.4. The monoisotopic (exact) mass is 329 g/mol. The molecule has 1 aromatic carbocycles. The van der Waals surface area contributed by atoms with Crippen molar-refractivity contribution in [3.63, 3.8) is 0 Å². The van der Waals surface area contributed by atoms with Crippen molar-refractivity contribution in [2.75, 3.05) is 6.61 Å². The number of nitrogens with one attached hydrogen (secondary N) is 1. The number of allylic oxidation sites excluding steroid dienone is 2. The van der Waals surface area contributed by atoms with E-state index in [1.54, 1.807) is 0 Å². The van der Waals surface area contributed by atoms with E-state index in [0.717, 1.165) is 17.5 Å². The van der Waals surface area contributed by atoms with Gasteiger partial charge in [-0.05, 0) is 36.3 Å². The molecule has 0 radical (unpaired) electrons. The summed E-state index contributed by atoms with van der Waals surface area (Å²) >= 11 is 0. The molecule has 2 bridgehead atoms. The maximum Gasteiger partial charge on any atom is 0.307 e. The van der Waals surface area contributed by atoms with Crippen LogP contribution >= 0.6 is 0 Å². The molecule has 0 saturated heterocycles. The van der Waals surface area contributed by atoms with Crippen molar-refractivity contribution in [2.24, 2.45) is 23.7 Å². The summed E-state index contributed by atoms with van der Waals surface area (Å²) in [5.41, 5.74) is 2.05. The number of amides is 1. The van der Waals surface area contributed by atoms with Crippen LogP contribution in [0.4, 0.5) is 0 Å². The van der Waals surface area contributed by atoms with Crippen molar-refractivity contribution in [3.8, 4) is 0 Å². The molecular formula is C19H23NO4. The van der Waals surface area contributed by atoms with E-state index in [4.69, 9.17) is 4.74 Å². The number of carbonyl (C=O) groups is 2. The highest BCUT2D eigenvalue weighted by Gasteiger charge is 2.51. The van der Waals surface area contributed by atoms with Gasteiger partial charge in [-0.15, -0.1) is 0 Å². The molecule has 0 spiro atoms. The predicted molar refractivity (Wildman–Crippen MR) is 89.0 cm³/mol. The van der Waals surface area contributed by atoms with Crippen LogP contribution in [0.5, 0.6) is 0 Å². The van der Waals surface area contributed by atoms with Crippen LogP contribution in [0.25, 0.3) is 0 Å². The van der Waals surface area contributed by atoms with Crippen LogP contribution in [0.15, 0.2) is 36.4 Å². The number of carboxylic acid groups (broad SMARTS) is 1. The zero-order chi connectivity index (χ0) is 17.1. The minimum absolute atomic E-state index is 0.00603. The molecule has 2 aliphatic rings. The fraction of sp³-hybridized carbons (Fsp3) is 0.474. The van der Waals surface area contributed by atoms with Crippen LogP contribution in [-0.4, -0.2) is 23.6 Å². The molecule has 0 heterocycles. The maximum atomic E-state index is 12.6. The van der Waals surface area contributed by atoms with E-state index in [2.05, 4.69) is 5.32 Å². The molecule has 1 aromatic rings. The van der Waals surface area contributed by atoms with Crippen LogP contribution < -0.4 is 5.32 Å². The first kappa shape index (κ1) is 16.7. The second kappa shape index (κ2) is 7.18. The molecule has 4 unspecified atom stereocenters. The Morgan fingerprint density at radius 3 is 2.50 bits per heavy atom. The molecule has 4 atom stereocenters. The molecule has 128 valence electrons. The second-order valence-electron chi connectivity index (χ2n) is 6.46. The molecule has 1 saturated carbocycles. The number of hydrogen-bond acceptors (Lipinski definition) is 3. The van der Waals surface area contributed by atoms with Crippen molar-refractivity contribution in [3.05, 3.63) is 47.5 Å². The summed E-state index contributed by atoms with van der Waals surface area (Å²) in [6.07, 6.45) is 4.72. The third-order valence-corrected chi connectivity index (χ3v) is 5.08. The van der Waals surface area contributed by atoms with Gasteiger partial charge in [-0.1, -0.05) is 36.4 Å². The zero-order valence-corrected chi connectivity index (χ0v) is 13.8. The van der Waals surface area contributed by atoms with E-state index in [9.17, 15) is 14.7 Å². The van der Waals surface area contributed by atoms with Crippen molar-refractivity contribution < 1.29 is 19.4 Å². The zero-order valence-electron chi connectivity index (χ0n) is 13.8. The lowest BCUT2D eigenvalue weighted by Gasteiger charge is -2.24. The van der Waals surface area contributed by atoms with Gasteiger partial charge in [0.05, 0.1) is 18.4 Å². The summed E-state index contributed by atoms with van der Waals surface area (Å²) in [7, 11) is 0. The summed E-state index contributed by atoms with van der Waals surface area (Å²) in [5, 5.41) is 12.4. The van der Waals surface area contributed by atoms with Crippen molar-refractivity contribution in [1.29, 1.82) is 0 Å². The van der Waals surface area contributed by atoms with E-state index >= 15 is 0 Å². The minimum atomic E-state index is -0.872. The van der Waals surface area contributed by atoms with E-state index in [1.165, 1.54) is 0 Å². The lowest BCUT2D eigenvalue weighted by molar-refractivity contribution is -0.147. The van der Waals surface area contributed by atoms with Gasteiger partial charge < -0.3 is 15.2 Å². The first-order valence-corrected chi connectivity index (χ1v) is 8.45. The van der Waals surface area contributed by atoms with Crippen LogP contribution in [-0.2, 0) is 27.5 Å². The largest absolute Gasteiger partial charge is 0.481 e. The highest BCUT2D eigenvalue weighted by Crippen LogP contribution is 2.48. The number of carboxylic acids is 1. The van der Waals surface area contributed by atoms with E-state index < -0.39 is 17.8 Å². The molecule has 3 rings (SSSR count). The Labute approximate surface area is 141 Å². The van der Waals surface area contributed by atoms with Gasteiger partial charge in [-0.3, -0.25) is 9.59 Å². The number of rotatable bonds is 7. The van der Waals surface area contributed by atoms with E-state index in [1.807, 2.05) is 43.3 Å². The van der Waals surface area contributed by atoms with Crippen LogP contribution in [0.3, 0.4) is 0 Å². The fourth-order valence-electron chi connectivity index (χ4n) is 3.90. The lowest BCUT2D eigenvalue weighted by atomic mass is 9.82. The minimum Gasteiger partial charge on any atom is -0.481 e. The van der Waals surface area contributed by atoms with Gasteiger partial charge in [-0.2, -0.15) is 0 Å². The topological polar surface area (TPSA) is 75.6 Å². The van der Waals surface area contributed by atoms with Gasteiger partial charge in [-0.25, -0.2) is 0 Å². The van der Waals surface area contributed by atoms with E-state index in [-0.39, 0.29) is 17.7 Å². The Kier molecular flexibility index (Phi) is 5.00. The quantitative estimate of drug-likeness (QED) is 0.753. The summed E-state index contributed by atoms with van der Waals surface area (Å²) in [6.45, 7) is 3.49. The number of carbonyl (C=O) groups excluding carboxylic acids is 1. The molecule has 2 aliphatic carbocycles. The summed E-state index contributed by atoms with van der Waals surface area (Å²) < 4.78 is 5.46. The maximum absolute atomic E-state index is 12.6. The number of fused-ring (bicyclic) bond motifs is 2. The molecule has 1 fully saturated rings. The number of hydrogen-bond donors (Lipinski definition) is 2. The van der Waals surface area contributed by atoms with E-state index in [0.29, 0.717) is 19.8 Å². The smallest absolute Gasteiger partial charge is 0.307 e. The van der Waals surface area contributed by atoms with Crippen LogP contribution in [0.1, 0.15) is 24.5 Å². The molecule has 0 aliphatic heterocycles. The molecule has 0 aromatic heterocycles. The summed E-state index contributed by atoms with van der Waals surface area (Å²) in [6, 6.07) is 7.82. The predicted octanol–water partition coefficient (Wildman–Crippen LogP) is 2.36. The Morgan fingerprint density at radius 1 is 1.17 bits per heavy atom. The standard InChI is InChI=1S/C19H23NO4/c1-2-24-11-15-6-4-3-5-14(15)10-20-18(21)16-12-7-8-13(9-12)17(16)19(22)23/h3-8,12-13,16-17H,2,9-11H2,1H3,(H,20,21)(H,22,23). The van der Waals surface area contributed by atoms with Crippen LogP contribution in [0, 0.1) is 23.7 Å². The van der Waals surface area contributed by atoms with Crippen molar-refractivity contribution in [1.82, 2.24) is 5.32 Å². The van der Waals surface area contributed by atoms with Crippen molar-refractivity contribution >= 4 is 11.9 Å². The first-order chi connectivity index (χ1) is 11.6. The van der Waals surface area contributed by atoms with Gasteiger partial charge in [0.15, 0.2) is 0 Å². The molecule has 2 N–H and O–H groups in total. The average Bonchev–Trinajstić information content (AvgIpc) is 3.19. The third-order valence-electron chi connectivity index (χ3n) is 5.08. The Hall–Kier alpha value is -2.14. The molecule has 24 heavy (non-hydrogen) atoms. The van der Waals surface area contributed by atoms with Crippen LogP contribution in [0.2, 0.25) is 0 Å². The molecular weight excluding hydrogens is 306 g/mol. The molecule has 1 amide bonds. The molecule has 5 nitrogen and oxygen atoms in total. The Bertz CT molecular complexity index is 655. The number of ether oxygens (including phenoxy) is 1. The van der Waals surface area contributed by atoms with Gasteiger partial charge in [0, 0.05) is 13.2 Å². The first-order valence-electron chi connectivity index (χ1n) is 8.45. The highest BCUT2D eigenvalue weighted by atomic mass is 16.5. The summed E-state index contributed by atoms with van der Waals surface area (Å²) in [5.74, 6) is -2.05. The lowest BCUT2D eigenvalue weighted by Crippen LogP contribution is -2.40. The molecule has 5 heteroatoms. The number of aliphatic carboxylic acids is 1. The Balaban J connectivity index is 1.66. The highest BCUT2D eigenvalue weighted by molar-refractivity contribution is 5.86. The summed E-state index contributed by atoms with van der Waals surface area (Å²) in [4.78, 5) is 24.1. The average molecular weight is 329 g/mol. The van der Waals surface area contributed by atoms with Gasteiger partial charge in [0.2, 0.25) is 5.91 Å². The second-order valence-corrected chi connectivity index (χ2v) is 6.46. The SMILES string of the molecule is CCOCc1ccccc1CNC(=O)C1C2C=CC(C2)C1C(=O)O. The van der Waals surface area contributed by atoms with Gasteiger partial charge >= 0.3 is 5.97 Å².